The fraction of sp³-hybridized carbons (Fsp3) is 0.250. The summed E-state index contributed by atoms with van der Waals surface area (Å²) in [5, 5.41) is 17.1. The molecule has 1 aliphatic heterocycles. The van der Waals surface area contributed by atoms with Crippen molar-refractivity contribution >= 4 is 17.5 Å². The van der Waals surface area contributed by atoms with Gasteiger partial charge in [-0.25, -0.2) is 0 Å². The van der Waals surface area contributed by atoms with E-state index in [9.17, 15) is 14.7 Å². The summed E-state index contributed by atoms with van der Waals surface area (Å²) in [7, 11) is 1.46. The molecule has 2 amide bonds. The second-order valence-electron chi connectivity index (χ2n) is 8.51. The van der Waals surface area contributed by atoms with Crippen LogP contribution in [0.3, 0.4) is 0 Å². The van der Waals surface area contributed by atoms with E-state index in [1.165, 1.54) is 7.11 Å². The van der Waals surface area contributed by atoms with Crippen molar-refractivity contribution in [2.45, 2.75) is 25.0 Å². The van der Waals surface area contributed by atoms with Crippen LogP contribution in [0.5, 0.6) is 0 Å². The maximum Gasteiger partial charge on any atom is 0.254 e. The Morgan fingerprint density at radius 2 is 1.63 bits per heavy atom. The van der Waals surface area contributed by atoms with Crippen LogP contribution in [-0.4, -0.2) is 53.8 Å². The molecule has 2 N–H and O–H groups in total. The van der Waals surface area contributed by atoms with Gasteiger partial charge in [-0.3, -0.25) is 9.59 Å². The number of hydrogen-bond acceptors (Lipinski definition) is 5. The van der Waals surface area contributed by atoms with Gasteiger partial charge in [0.2, 0.25) is 5.91 Å². The molecule has 4 rings (SSSR count). The largest absolute Gasteiger partial charge is 0.399 e. The van der Waals surface area contributed by atoms with Crippen LogP contribution in [0.15, 0.2) is 90.1 Å². The molecule has 1 fully saturated rings. The number of oxime groups is 1. The third-order valence-corrected chi connectivity index (χ3v) is 6.08. The van der Waals surface area contributed by atoms with Crippen LogP contribution in [0, 0.1) is 0 Å². The Bertz CT molecular complexity index is 1160. The number of carbonyl (C=O) groups excluding carboxylic acids is 2. The first-order chi connectivity index (χ1) is 17.0. The van der Waals surface area contributed by atoms with E-state index < -0.39 is 6.10 Å². The minimum Gasteiger partial charge on any atom is -0.399 e. The zero-order valence-electron chi connectivity index (χ0n) is 19.6. The molecule has 7 nitrogen and oxygen atoms in total. The minimum absolute atomic E-state index is 0.101. The van der Waals surface area contributed by atoms with Crippen molar-refractivity contribution in [3.05, 3.63) is 96.1 Å². The summed E-state index contributed by atoms with van der Waals surface area (Å²) in [6.07, 6.45) is -0.232. The normalized spacial score (nSPS) is 17.3. The van der Waals surface area contributed by atoms with Crippen molar-refractivity contribution in [1.82, 2.24) is 10.2 Å². The van der Waals surface area contributed by atoms with Gasteiger partial charge in [0.1, 0.15) is 7.11 Å². The zero-order valence-corrected chi connectivity index (χ0v) is 19.6. The molecule has 3 aromatic carbocycles. The topological polar surface area (TPSA) is 91.2 Å². The van der Waals surface area contributed by atoms with Gasteiger partial charge in [-0.2, -0.15) is 0 Å². The second-order valence-corrected chi connectivity index (χ2v) is 8.51. The molecular weight excluding hydrogens is 442 g/mol. The monoisotopic (exact) mass is 471 g/mol. The lowest BCUT2D eigenvalue weighted by Crippen LogP contribution is -2.40. The zero-order chi connectivity index (χ0) is 24.6. The fourth-order valence-corrected chi connectivity index (χ4v) is 4.28. The van der Waals surface area contributed by atoms with Crippen LogP contribution >= 0.6 is 0 Å². The van der Waals surface area contributed by atoms with Gasteiger partial charge in [-0.1, -0.05) is 78.0 Å². The summed E-state index contributed by atoms with van der Waals surface area (Å²) in [4.78, 5) is 32.6. The number of aliphatic hydroxyl groups is 1. The quantitative estimate of drug-likeness (QED) is 0.489. The van der Waals surface area contributed by atoms with Gasteiger partial charge in [0.05, 0.1) is 18.4 Å². The van der Waals surface area contributed by atoms with Gasteiger partial charge in [0.25, 0.3) is 5.91 Å². The molecule has 1 saturated heterocycles. The first kappa shape index (κ1) is 24.2. The molecular formula is C28H29N3O4. The average molecular weight is 472 g/mol. The number of likely N-dealkylation sites (tertiary alicyclic amines) is 1. The summed E-state index contributed by atoms with van der Waals surface area (Å²) in [5.74, 6) is -0.395. The number of amides is 2. The van der Waals surface area contributed by atoms with Crippen LogP contribution in [0.1, 0.15) is 34.9 Å². The summed E-state index contributed by atoms with van der Waals surface area (Å²) >= 11 is 0. The molecule has 3 aromatic rings. The lowest BCUT2D eigenvalue weighted by molar-refractivity contribution is -0.122. The van der Waals surface area contributed by atoms with Crippen molar-refractivity contribution in [3.8, 4) is 11.1 Å². The SMILES string of the molecule is CO/N=C1\C[C@@H](CC(=O)NC[C@H](O)c2ccccc2)N(C(=O)c2ccc(-c3ccccc3)cc2)C1. The number of nitrogens with one attached hydrogen (secondary N) is 1. The summed E-state index contributed by atoms with van der Waals surface area (Å²) in [5.41, 5.74) is 4.10. The van der Waals surface area contributed by atoms with Crippen LogP contribution in [-0.2, 0) is 9.63 Å². The van der Waals surface area contributed by atoms with E-state index >= 15 is 0 Å². The van der Waals surface area contributed by atoms with Gasteiger partial charge in [-0.05, 0) is 28.8 Å². The average Bonchev–Trinajstić information content (AvgIpc) is 3.30. The fourth-order valence-electron chi connectivity index (χ4n) is 4.28. The highest BCUT2D eigenvalue weighted by molar-refractivity contribution is 6.01. The lowest BCUT2D eigenvalue weighted by atomic mass is 10.0. The van der Waals surface area contributed by atoms with Crippen molar-refractivity contribution in [1.29, 1.82) is 0 Å². The summed E-state index contributed by atoms with van der Waals surface area (Å²) < 4.78 is 0. The Labute approximate surface area is 205 Å². The number of hydrogen-bond donors (Lipinski definition) is 2. The molecule has 0 aliphatic carbocycles. The van der Waals surface area contributed by atoms with Crippen molar-refractivity contribution in [2.24, 2.45) is 5.16 Å². The predicted octanol–water partition coefficient (Wildman–Crippen LogP) is 3.81. The molecule has 0 bridgehead atoms. The first-order valence-electron chi connectivity index (χ1n) is 11.6. The molecule has 1 heterocycles. The van der Waals surface area contributed by atoms with Gasteiger partial charge >= 0.3 is 0 Å². The van der Waals surface area contributed by atoms with E-state index in [1.807, 2.05) is 84.9 Å². The molecule has 0 saturated carbocycles. The molecule has 0 spiro atoms. The highest BCUT2D eigenvalue weighted by Crippen LogP contribution is 2.24. The number of nitrogens with zero attached hydrogens (tertiary/aromatic N) is 2. The van der Waals surface area contributed by atoms with Crippen LogP contribution in [0.4, 0.5) is 0 Å². The third kappa shape index (κ3) is 6.13. The summed E-state index contributed by atoms with van der Waals surface area (Å²) in [6, 6.07) is 26.3. The number of rotatable bonds is 8. The molecule has 35 heavy (non-hydrogen) atoms. The Morgan fingerprint density at radius 1 is 1.00 bits per heavy atom. The van der Waals surface area contributed by atoms with Crippen LogP contribution in [0.25, 0.3) is 11.1 Å². The van der Waals surface area contributed by atoms with Crippen LogP contribution < -0.4 is 5.32 Å². The minimum atomic E-state index is -0.796. The number of aliphatic hydroxyl groups excluding tert-OH is 1. The summed E-state index contributed by atoms with van der Waals surface area (Å²) in [6.45, 7) is 0.404. The van der Waals surface area contributed by atoms with Gasteiger partial charge in [-0.15, -0.1) is 0 Å². The molecule has 0 radical (unpaired) electrons. The Hall–Kier alpha value is -3.97. The van der Waals surface area contributed by atoms with Gasteiger partial charge < -0.3 is 20.2 Å². The molecule has 2 atom stereocenters. The van der Waals surface area contributed by atoms with Crippen molar-refractivity contribution in [3.63, 3.8) is 0 Å². The number of benzene rings is 3. The third-order valence-electron chi connectivity index (χ3n) is 6.08. The highest BCUT2D eigenvalue weighted by atomic mass is 16.6. The van der Waals surface area contributed by atoms with E-state index in [-0.39, 0.29) is 30.8 Å². The van der Waals surface area contributed by atoms with Gasteiger partial charge in [0, 0.05) is 31.0 Å². The molecule has 7 heteroatoms. The lowest BCUT2D eigenvalue weighted by Gasteiger charge is -2.24. The maximum absolute atomic E-state index is 13.3. The van der Waals surface area contributed by atoms with E-state index in [2.05, 4.69) is 10.5 Å². The maximum atomic E-state index is 13.3. The highest BCUT2D eigenvalue weighted by Gasteiger charge is 2.35. The molecule has 0 aromatic heterocycles. The second kappa shape index (κ2) is 11.4. The molecule has 180 valence electrons. The molecule has 0 unspecified atom stereocenters. The van der Waals surface area contributed by atoms with Gasteiger partial charge in [0.15, 0.2) is 0 Å². The van der Waals surface area contributed by atoms with E-state index in [0.717, 1.165) is 16.7 Å². The van der Waals surface area contributed by atoms with E-state index in [1.54, 1.807) is 4.90 Å². The van der Waals surface area contributed by atoms with Crippen molar-refractivity contribution in [2.75, 3.05) is 20.2 Å². The Balaban J connectivity index is 1.42. The molecule has 1 aliphatic rings. The Morgan fingerprint density at radius 3 is 2.29 bits per heavy atom. The van der Waals surface area contributed by atoms with E-state index in [0.29, 0.717) is 24.2 Å². The van der Waals surface area contributed by atoms with Crippen LogP contribution in [0.2, 0.25) is 0 Å². The standard InChI is InChI=1S/C28H29N3O4/c1-35-30-24-16-25(17-27(33)29-18-26(32)22-10-6-3-7-11-22)31(19-24)28(34)23-14-12-21(13-15-23)20-8-4-2-5-9-20/h2-15,25-26,32H,16-19H2,1H3,(H,29,33)/b30-24+/t25-,26-/m0/s1. The van der Waals surface area contributed by atoms with E-state index in [4.69, 9.17) is 4.84 Å². The predicted molar refractivity (Wildman–Crippen MR) is 135 cm³/mol. The number of carbonyl (C=O) groups is 2. The first-order valence-corrected chi connectivity index (χ1v) is 11.6. The smallest absolute Gasteiger partial charge is 0.254 e. The Kier molecular flexibility index (Phi) is 7.90. The van der Waals surface area contributed by atoms with Crippen molar-refractivity contribution < 1.29 is 19.5 Å².